The molecule has 1 aliphatic rings. The number of halogens is 2. The zero-order valence-electron chi connectivity index (χ0n) is 25.8. The third-order valence-electron chi connectivity index (χ3n) is 7.61. The minimum atomic E-state index is -0.814. The lowest BCUT2D eigenvalue weighted by molar-refractivity contribution is -0.136. The molecule has 5 aromatic rings. The van der Waals surface area contributed by atoms with Gasteiger partial charge in [-0.1, -0.05) is 77.0 Å². The molecule has 47 heavy (non-hydrogen) atoms. The maximum atomic E-state index is 14.3. The van der Waals surface area contributed by atoms with Crippen molar-refractivity contribution in [1.29, 1.82) is 0 Å². The lowest BCUT2D eigenvalue weighted by Gasteiger charge is -2.23. The normalized spacial score (nSPS) is 14.3. The van der Waals surface area contributed by atoms with Crippen LogP contribution in [-0.2, 0) is 16.1 Å². The van der Waals surface area contributed by atoms with E-state index < -0.39 is 12.0 Å². The zero-order valence-corrected chi connectivity index (χ0v) is 28.1. The summed E-state index contributed by atoms with van der Waals surface area (Å²) in [4.78, 5) is 32.3. The molecule has 0 radical (unpaired) electrons. The molecule has 240 valence electrons. The number of carbonyl (C=O) groups is 1. The van der Waals surface area contributed by atoms with Gasteiger partial charge in [0.1, 0.15) is 12.4 Å². The van der Waals surface area contributed by atoms with E-state index in [1.165, 1.54) is 29.2 Å². The number of thiazole rings is 1. The van der Waals surface area contributed by atoms with Crippen LogP contribution in [0.15, 0.2) is 94.4 Å². The molecule has 8 nitrogen and oxygen atoms in total. The van der Waals surface area contributed by atoms with Crippen molar-refractivity contribution in [2.75, 3.05) is 20.3 Å². The Balaban J connectivity index is 1.50. The fraction of sp³-hybridized carbons (Fsp3) is 0.194. The number of hydrogen-bond acceptors (Lipinski definition) is 8. The second-order valence-corrected chi connectivity index (χ2v) is 12.3. The van der Waals surface area contributed by atoms with Crippen molar-refractivity contribution in [3.05, 3.63) is 131 Å². The van der Waals surface area contributed by atoms with Crippen molar-refractivity contribution in [1.82, 2.24) is 4.57 Å². The van der Waals surface area contributed by atoms with Crippen LogP contribution in [0.3, 0.4) is 0 Å². The predicted octanol–water partition coefficient (Wildman–Crippen LogP) is 6.85. The fourth-order valence-electron chi connectivity index (χ4n) is 5.46. The summed E-state index contributed by atoms with van der Waals surface area (Å²) < 4.78 is 25.0. The van der Waals surface area contributed by atoms with Crippen LogP contribution < -0.4 is 29.1 Å². The third-order valence-corrected chi connectivity index (χ3v) is 9.20. The van der Waals surface area contributed by atoms with Gasteiger partial charge in [0, 0.05) is 27.4 Å². The topological polar surface area (TPSA) is 88.4 Å². The highest BCUT2D eigenvalue weighted by Crippen LogP contribution is 2.35. The van der Waals surface area contributed by atoms with Crippen LogP contribution in [0.2, 0.25) is 10.0 Å². The number of hydrogen-bond donors (Lipinski definition) is 0. The van der Waals surface area contributed by atoms with Crippen LogP contribution in [0, 0.1) is 0 Å². The maximum absolute atomic E-state index is 14.3. The molecule has 0 saturated carbocycles. The van der Waals surface area contributed by atoms with Gasteiger partial charge >= 0.3 is 5.97 Å². The molecule has 1 aliphatic heterocycles. The Morgan fingerprint density at radius 2 is 1.70 bits per heavy atom. The van der Waals surface area contributed by atoms with Crippen LogP contribution in [-0.4, -0.2) is 30.9 Å². The average Bonchev–Trinajstić information content (AvgIpc) is 3.39. The number of fused-ring (bicyclic) bond motifs is 2. The van der Waals surface area contributed by atoms with Crippen molar-refractivity contribution in [2.45, 2.75) is 26.5 Å². The molecular weight excluding hydrogens is 659 g/mol. The molecule has 1 aromatic heterocycles. The van der Waals surface area contributed by atoms with Gasteiger partial charge in [-0.15, -0.1) is 0 Å². The number of carbonyl (C=O) groups excluding carboxylic acids is 1. The minimum Gasteiger partial charge on any atom is -0.490 e. The average molecular weight is 690 g/mol. The van der Waals surface area contributed by atoms with Gasteiger partial charge < -0.3 is 18.9 Å². The fourth-order valence-corrected chi connectivity index (χ4v) is 6.88. The van der Waals surface area contributed by atoms with Crippen LogP contribution in [0.1, 0.15) is 36.6 Å². The molecule has 0 spiro atoms. The van der Waals surface area contributed by atoms with Crippen molar-refractivity contribution in [2.24, 2.45) is 4.99 Å². The van der Waals surface area contributed by atoms with E-state index in [0.29, 0.717) is 55.4 Å². The summed E-state index contributed by atoms with van der Waals surface area (Å²) >= 11 is 13.7. The smallest absolute Gasteiger partial charge is 0.337 e. The van der Waals surface area contributed by atoms with E-state index in [4.69, 9.17) is 42.1 Å². The standard InChI is InChI=1S/C36H30Cl2N2O6S/c1-4-44-30-15-12-22(16-31(30)45-5-2)33-27(35(42)43-3)19-39-36-40(33)34(41)32(47-36)18-26-25-9-7-6-8-21(25)11-14-29(26)46-20-23-10-13-24(37)17-28(23)38/h6-19,33H,4-5,20H2,1-3H3/b32-18+/t33-/m1/s1. The summed E-state index contributed by atoms with van der Waals surface area (Å²) in [7, 11) is 1.30. The first-order valence-corrected chi connectivity index (χ1v) is 16.5. The van der Waals surface area contributed by atoms with E-state index in [1.807, 2.05) is 68.5 Å². The number of methoxy groups -OCH3 is 1. The van der Waals surface area contributed by atoms with Crippen LogP contribution in [0.5, 0.6) is 17.2 Å². The predicted molar refractivity (Wildman–Crippen MR) is 185 cm³/mol. The van der Waals surface area contributed by atoms with Gasteiger partial charge in [0.25, 0.3) is 5.56 Å². The lowest BCUT2D eigenvalue weighted by atomic mass is 9.97. The van der Waals surface area contributed by atoms with Gasteiger partial charge in [0.2, 0.25) is 0 Å². The van der Waals surface area contributed by atoms with Gasteiger partial charge in [-0.3, -0.25) is 9.36 Å². The Hall–Kier alpha value is -4.57. The molecule has 0 aliphatic carbocycles. The minimum absolute atomic E-state index is 0.193. The van der Waals surface area contributed by atoms with E-state index in [-0.39, 0.29) is 17.7 Å². The van der Waals surface area contributed by atoms with Crippen molar-refractivity contribution < 1.29 is 23.7 Å². The van der Waals surface area contributed by atoms with E-state index in [1.54, 1.807) is 24.3 Å². The first kappa shape index (κ1) is 32.4. The zero-order chi connectivity index (χ0) is 33.1. The number of nitrogens with zero attached hydrogens (tertiary/aromatic N) is 2. The molecule has 0 N–H and O–H groups in total. The molecule has 6 rings (SSSR count). The highest BCUT2D eigenvalue weighted by atomic mass is 35.5. The van der Waals surface area contributed by atoms with Crippen molar-refractivity contribution >= 4 is 57.4 Å². The summed E-state index contributed by atoms with van der Waals surface area (Å²) in [6.45, 7) is 4.82. The Kier molecular flexibility index (Phi) is 9.68. The Morgan fingerprint density at radius 3 is 2.47 bits per heavy atom. The summed E-state index contributed by atoms with van der Waals surface area (Å²) in [5.74, 6) is 1.05. The molecule has 2 heterocycles. The number of esters is 1. The molecule has 0 fully saturated rings. The molecule has 0 saturated heterocycles. The van der Waals surface area contributed by atoms with Gasteiger partial charge in [-0.05, 0) is 66.6 Å². The largest absolute Gasteiger partial charge is 0.490 e. The molecule has 0 amide bonds. The number of rotatable bonds is 10. The quantitative estimate of drug-likeness (QED) is 0.149. The number of aromatic nitrogens is 1. The van der Waals surface area contributed by atoms with E-state index in [0.717, 1.165) is 21.9 Å². The van der Waals surface area contributed by atoms with Crippen LogP contribution in [0.4, 0.5) is 0 Å². The second-order valence-electron chi connectivity index (χ2n) is 10.5. The Bertz CT molecular complexity index is 2210. The molecule has 11 heteroatoms. The van der Waals surface area contributed by atoms with E-state index in [2.05, 4.69) is 4.99 Å². The molecule has 4 aromatic carbocycles. The SMILES string of the molecule is CCOc1ccc([C@@H]2C(C(=O)OC)=CN=c3s/c(=C/c4c(OCc5ccc(Cl)cc5Cl)ccc5ccccc45)c(=O)n32)cc1OCC. The Labute approximate surface area is 284 Å². The Morgan fingerprint density at radius 1 is 0.936 bits per heavy atom. The monoisotopic (exact) mass is 688 g/mol. The molecule has 1 atom stereocenters. The summed E-state index contributed by atoms with van der Waals surface area (Å²) in [6.07, 6.45) is 3.28. The first-order chi connectivity index (χ1) is 22.8. The summed E-state index contributed by atoms with van der Waals surface area (Å²) in [5, 5.41) is 2.91. The first-order valence-electron chi connectivity index (χ1n) is 14.9. The van der Waals surface area contributed by atoms with Gasteiger partial charge in [-0.2, -0.15) is 0 Å². The van der Waals surface area contributed by atoms with Crippen LogP contribution in [0.25, 0.3) is 16.8 Å². The summed E-state index contributed by atoms with van der Waals surface area (Å²) in [6, 6.07) is 21.5. The third kappa shape index (κ3) is 6.52. The van der Waals surface area contributed by atoms with Crippen molar-refractivity contribution in [3.63, 3.8) is 0 Å². The molecular formula is C36H30Cl2N2O6S. The molecule has 0 bridgehead atoms. The van der Waals surface area contributed by atoms with Gasteiger partial charge in [-0.25, -0.2) is 9.79 Å². The summed E-state index contributed by atoms with van der Waals surface area (Å²) in [5.41, 5.74) is 2.03. The van der Waals surface area contributed by atoms with E-state index in [9.17, 15) is 9.59 Å². The highest BCUT2D eigenvalue weighted by molar-refractivity contribution is 7.07. The maximum Gasteiger partial charge on any atom is 0.337 e. The number of ether oxygens (including phenoxy) is 4. The second kappa shape index (κ2) is 14.0. The van der Waals surface area contributed by atoms with E-state index >= 15 is 0 Å². The molecule has 0 unspecified atom stereocenters. The van der Waals surface area contributed by atoms with Crippen molar-refractivity contribution in [3.8, 4) is 17.2 Å². The highest BCUT2D eigenvalue weighted by Gasteiger charge is 2.31. The van der Waals surface area contributed by atoms with Crippen LogP contribution >= 0.6 is 34.5 Å². The lowest BCUT2D eigenvalue weighted by Crippen LogP contribution is -2.39. The number of benzene rings is 4. The van der Waals surface area contributed by atoms with Gasteiger partial charge in [0.05, 0.1) is 36.5 Å². The van der Waals surface area contributed by atoms with Gasteiger partial charge in [0.15, 0.2) is 16.3 Å².